The van der Waals surface area contributed by atoms with E-state index in [-0.39, 0.29) is 0 Å². The van der Waals surface area contributed by atoms with Gasteiger partial charge in [0.15, 0.2) is 0 Å². The first kappa shape index (κ1) is 12.7. The topological polar surface area (TPSA) is 29.5 Å². The molecule has 1 unspecified atom stereocenters. The molecule has 0 fully saturated rings. The monoisotopic (exact) mass is 238 g/mol. The molecule has 0 aliphatic carbocycles. The summed E-state index contributed by atoms with van der Waals surface area (Å²) in [6.45, 7) is 2.15. The molecule has 18 heavy (non-hydrogen) atoms. The highest BCUT2D eigenvalue weighted by molar-refractivity contribution is 6.35. The molecule has 0 spiro atoms. The fourth-order valence-corrected chi connectivity index (χ4v) is 1.79. The smallest absolute Gasteiger partial charge is 0.119 e. The van der Waals surface area contributed by atoms with E-state index < -0.39 is 6.10 Å². The fraction of sp³-hybridized carbons (Fsp3) is 0.200. The SMILES string of the molecule is [B]c1c(OCc2ccccc2)cccc1C(C)O. The van der Waals surface area contributed by atoms with Crippen molar-refractivity contribution in [1.29, 1.82) is 0 Å². The van der Waals surface area contributed by atoms with Gasteiger partial charge in [0.25, 0.3) is 0 Å². The van der Waals surface area contributed by atoms with E-state index in [0.29, 0.717) is 23.4 Å². The van der Waals surface area contributed by atoms with E-state index in [2.05, 4.69) is 0 Å². The second-order valence-electron chi connectivity index (χ2n) is 4.21. The van der Waals surface area contributed by atoms with Gasteiger partial charge in [-0.25, -0.2) is 0 Å². The molecule has 90 valence electrons. The van der Waals surface area contributed by atoms with Crippen LogP contribution in [0.25, 0.3) is 0 Å². The molecule has 2 radical (unpaired) electrons. The molecule has 2 aromatic carbocycles. The van der Waals surface area contributed by atoms with Crippen LogP contribution in [0, 0.1) is 0 Å². The Labute approximate surface area is 109 Å². The van der Waals surface area contributed by atoms with Crippen molar-refractivity contribution in [1.82, 2.24) is 0 Å². The Bertz CT molecular complexity index is 509. The maximum atomic E-state index is 9.58. The third-order valence-electron chi connectivity index (χ3n) is 2.79. The molecular weight excluding hydrogens is 223 g/mol. The lowest BCUT2D eigenvalue weighted by molar-refractivity contribution is 0.199. The van der Waals surface area contributed by atoms with Gasteiger partial charge >= 0.3 is 0 Å². The van der Waals surface area contributed by atoms with Crippen molar-refractivity contribution in [3.8, 4) is 5.75 Å². The highest BCUT2D eigenvalue weighted by Crippen LogP contribution is 2.16. The maximum absolute atomic E-state index is 9.58. The Morgan fingerprint density at radius 2 is 1.83 bits per heavy atom. The average molecular weight is 238 g/mol. The Balaban J connectivity index is 2.13. The molecule has 1 atom stereocenters. The molecule has 2 nitrogen and oxygen atoms in total. The van der Waals surface area contributed by atoms with Gasteiger partial charge in [0.1, 0.15) is 20.2 Å². The summed E-state index contributed by atoms with van der Waals surface area (Å²) in [7, 11) is 5.96. The van der Waals surface area contributed by atoms with Crippen LogP contribution in [-0.4, -0.2) is 13.0 Å². The van der Waals surface area contributed by atoms with Gasteiger partial charge in [-0.3, -0.25) is 0 Å². The Morgan fingerprint density at radius 1 is 1.11 bits per heavy atom. The first-order valence-electron chi connectivity index (χ1n) is 5.91. The van der Waals surface area contributed by atoms with Crippen molar-refractivity contribution in [2.45, 2.75) is 19.6 Å². The Kier molecular flexibility index (Phi) is 4.05. The molecule has 0 aliphatic heterocycles. The van der Waals surface area contributed by atoms with Gasteiger partial charge in [-0.1, -0.05) is 42.5 Å². The minimum Gasteiger partial charge on any atom is -0.490 e. The molecule has 0 bridgehead atoms. The van der Waals surface area contributed by atoms with Crippen LogP contribution in [0.3, 0.4) is 0 Å². The second-order valence-corrected chi connectivity index (χ2v) is 4.21. The summed E-state index contributed by atoms with van der Waals surface area (Å²) in [5.41, 5.74) is 2.28. The quantitative estimate of drug-likeness (QED) is 0.826. The Hall–Kier alpha value is -1.74. The minimum atomic E-state index is -0.592. The van der Waals surface area contributed by atoms with Crippen LogP contribution >= 0.6 is 0 Å². The summed E-state index contributed by atoms with van der Waals surface area (Å²) in [4.78, 5) is 0. The van der Waals surface area contributed by atoms with Crippen molar-refractivity contribution in [3.05, 3.63) is 59.7 Å². The van der Waals surface area contributed by atoms with E-state index >= 15 is 0 Å². The van der Waals surface area contributed by atoms with Gasteiger partial charge in [0.2, 0.25) is 0 Å². The van der Waals surface area contributed by atoms with Crippen molar-refractivity contribution in [3.63, 3.8) is 0 Å². The highest BCUT2D eigenvalue weighted by Gasteiger charge is 2.08. The molecule has 2 rings (SSSR count). The number of aliphatic hydroxyl groups is 1. The van der Waals surface area contributed by atoms with E-state index in [1.165, 1.54) is 0 Å². The van der Waals surface area contributed by atoms with Crippen LogP contribution in [0.5, 0.6) is 5.75 Å². The maximum Gasteiger partial charge on any atom is 0.119 e. The first-order chi connectivity index (χ1) is 8.68. The third-order valence-corrected chi connectivity index (χ3v) is 2.79. The van der Waals surface area contributed by atoms with Crippen LogP contribution < -0.4 is 10.2 Å². The van der Waals surface area contributed by atoms with E-state index in [0.717, 1.165) is 5.56 Å². The summed E-state index contributed by atoms with van der Waals surface area (Å²) in [5.74, 6) is 0.609. The molecule has 0 aliphatic rings. The van der Waals surface area contributed by atoms with Crippen LogP contribution in [0.4, 0.5) is 0 Å². The molecule has 2 aromatic rings. The first-order valence-corrected chi connectivity index (χ1v) is 5.91. The van der Waals surface area contributed by atoms with Crippen molar-refractivity contribution in [2.75, 3.05) is 0 Å². The van der Waals surface area contributed by atoms with E-state index in [1.54, 1.807) is 13.0 Å². The van der Waals surface area contributed by atoms with E-state index in [4.69, 9.17) is 12.6 Å². The lowest BCUT2D eigenvalue weighted by Crippen LogP contribution is -2.16. The number of rotatable bonds is 4. The van der Waals surface area contributed by atoms with Crippen molar-refractivity contribution >= 4 is 13.3 Å². The largest absolute Gasteiger partial charge is 0.490 e. The normalized spacial score (nSPS) is 12.1. The summed E-state index contributed by atoms with van der Waals surface area (Å²) in [6.07, 6.45) is -0.592. The predicted octanol–water partition coefficient (Wildman–Crippen LogP) is 2.11. The summed E-state index contributed by atoms with van der Waals surface area (Å²) < 4.78 is 5.68. The molecule has 0 heterocycles. The number of benzene rings is 2. The van der Waals surface area contributed by atoms with Gasteiger partial charge in [-0.05, 0) is 29.6 Å². The van der Waals surface area contributed by atoms with E-state index in [1.807, 2.05) is 42.5 Å². The zero-order chi connectivity index (χ0) is 13.0. The number of hydrogen-bond donors (Lipinski definition) is 1. The lowest BCUT2D eigenvalue weighted by Gasteiger charge is -2.14. The average Bonchev–Trinajstić information content (AvgIpc) is 2.38. The molecule has 1 N–H and O–H groups in total. The van der Waals surface area contributed by atoms with Crippen LogP contribution in [0.15, 0.2) is 48.5 Å². The van der Waals surface area contributed by atoms with E-state index in [9.17, 15) is 5.11 Å². The molecule has 0 saturated heterocycles. The molecule has 3 heteroatoms. The summed E-state index contributed by atoms with van der Waals surface area (Å²) >= 11 is 0. The van der Waals surface area contributed by atoms with Crippen LogP contribution in [0.1, 0.15) is 24.2 Å². The van der Waals surface area contributed by atoms with Gasteiger partial charge in [0.05, 0.1) is 6.10 Å². The zero-order valence-corrected chi connectivity index (χ0v) is 10.3. The number of aliphatic hydroxyl groups excluding tert-OH is 1. The number of ether oxygens (including phenoxy) is 1. The molecule has 0 saturated carbocycles. The minimum absolute atomic E-state index is 0.467. The Morgan fingerprint density at radius 3 is 2.50 bits per heavy atom. The predicted molar refractivity (Wildman–Crippen MR) is 73.2 cm³/mol. The third kappa shape index (κ3) is 2.93. The summed E-state index contributed by atoms with van der Waals surface area (Å²) in [6, 6.07) is 15.3. The fourth-order valence-electron chi connectivity index (χ4n) is 1.79. The molecule has 0 aromatic heterocycles. The lowest BCUT2D eigenvalue weighted by atomic mass is 9.87. The highest BCUT2D eigenvalue weighted by atomic mass is 16.5. The van der Waals surface area contributed by atoms with Gasteiger partial charge < -0.3 is 9.84 Å². The van der Waals surface area contributed by atoms with Crippen LogP contribution in [-0.2, 0) is 6.61 Å². The zero-order valence-electron chi connectivity index (χ0n) is 10.3. The van der Waals surface area contributed by atoms with Crippen LogP contribution in [0.2, 0.25) is 0 Å². The van der Waals surface area contributed by atoms with Crippen molar-refractivity contribution in [2.24, 2.45) is 0 Å². The summed E-state index contributed by atoms with van der Waals surface area (Å²) in [5, 5.41) is 9.58. The van der Waals surface area contributed by atoms with Crippen molar-refractivity contribution < 1.29 is 9.84 Å². The standard InChI is InChI=1S/C15H15BO2/c1-11(17)13-8-5-9-14(15(13)16)18-10-12-6-3-2-4-7-12/h2-9,11,17H,10H2,1H3. The van der Waals surface area contributed by atoms with Gasteiger partial charge in [-0.2, -0.15) is 0 Å². The molecular formula is C15H15BO2. The molecule has 0 amide bonds. The second kappa shape index (κ2) is 5.74. The number of hydrogen-bond acceptors (Lipinski definition) is 2. The van der Waals surface area contributed by atoms with Gasteiger partial charge in [0, 0.05) is 0 Å². The van der Waals surface area contributed by atoms with Gasteiger partial charge in [-0.15, -0.1) is 0 Å².